The Morgan fingerprint density at radius 3 is 2.82 bits per heavy atom. The van der Waals surface area contributed by atoms with Crippen molar-refractivity contribution in [3.63, 3.8) is 0 Å². The highest BCUT2D eigenvalue weighted by Crippen LogP contribution is 2.30. The van der Waals surface area contributed by atoms with Crippen molar-refractivity contribution in [1.82, 2.24) is 5.32 Å². The summed E-state index contributed by atoms with van der Waals surface area (Å²) in [5, 5.41) is 3.45. The Morgan fingerprint density at radius 1 is 1.36 bits per heavy atom. The molecule has 2 saturated heterocycles. The average molecular weight is 155 g/mol. The molecule has 64 valence electrons. The highest BCUT2D eigenvalue weighted by Gasteiger charge is 2.35. The summed E-state index contributed by atoms with van der Waals surface area (Å²) < 4.78 is 5.55. The second-order valence-electron chi connectivity index (χ2n) is 4.16. The predicted octanol–water partition coefficient (Wildman–Crippen LogP) is 1.37. The number of rotatable bonds is 1. The van der Waals surface area contributed by atoms with Crippen molar-refractivity contribution in [2.24, 2.45) is 11.8 Å². The highest BCUT2D eigenvalue weighted by atomic mass is 16.5. The fraction of sp³-hybridized carbons (Fsp3) is 1.00. The van der Waals surface area contributed by atoms with Crippen LogP contribution in [-0.4, -0.2) is 18.9 Å². The van der Waals surface area contributed by atoms with Gasteiger partial charge in [-0.25, -0.2) is 0 Å². The number of hydrogen-bond acceptors (Lipinski definition) is 2. The van der Waals surface area contributed by atoms with Gasteiger partial charge in [0.2, 0.25) is 0 Å². The Morgan fingerprint density at radius 2 is 2.18 bits per heavy atom. The van der Waals surface area contributed by atoms with Crippen LogP contribution in [0.5, 0.6) is 0 Å². The van der Waals surface area contributed by atoms with Crippen LogP contribution in [0.25, 0.3) is 0 Å². The third-order valence-corrected chi connectivity index (χ3v) is 2.97. The lowest BCUT2D eigenvalue weighted by molar-refractivity contribution is 0.0754. The Labute approximate surface area is 68.3 Å². The van der Waals surface area contributed by atoms with E-state index in [9.17, 15) is 0 Å². The van der Waals surface area contributed by atoms with Crippen LogP contribution < -0.4 is 5.32 Å². The van der Waals surface area contributed by atoms with Gasteiger partial charge in [-0.2, -0.15) is 0 Å². The fourth-order valence-corrected chi connectivity index (χ4v) is 2.14. The Kier molecular flexibility index (Phi) is 1.90. The summed E-state index contributed by atoms with van der Waals surface area (Å²) in [4.78, 5) is 0. The molecule has 1 N–H and O–H groups in total. The van der Waals surface area contributed by atoms with E-state index in [0.29, 0.717) is 12.3 Å². The molecule has 0 aromatic heterocycles. The molecule has 2 fully saturated rings. The second kappa shape index (κ2) is 2.76. The van der Waals surface area contributed by atoms with E-state index in [1.54, 1.807) is 0 Å². The van der Waals surface area contributed by atoms with Gasteiger partial charge in [0, 0.05) is 6.04 Å². The van der Waals surface area contributed by atoms with E-state index in [1.807, 2.05) is 0 Å². The molecule has 0 radical (unpaired) electrons. The molecule has 0 aromatic rings. The van der Waals surface area contributed by atoms with Gasteiger partial charge in [0.1, 0.15) is 6.23 Å². The first kappa shape index (κ1) is 7.56. The number of fused-ring (bicyclic) bond motifs is 2. The molecule has 2 aliphatic heterocycles. The van der Waals surface area contributed by atoms with Gasteiger partial charge in [0.25, 0.3) is 0 Å². The van der Waals surface area contributed by atoms with Gasteiger partial charge in [-0.1, -0.05) is 13.8 Å². The first-order valence-electron chi connectivity index (χ1n) is 4.63. The molecule has 3 unspecified atom stereocenters. The van der Waals surface area contributed by atoms with Crippen LogP contribution in [0.3, 0.4) is 0 Å². The summed E-state index contributed by atoms with van der Waals surface area (Å²) in [6, 6.07) is 0.654. The van der Waals surface area contributed by atoms with Gasteiger partial charge in [-0.15, -0.1) is 0 Å². The predicted molar refractivity (Wildman–Crippen MR) is 44.2 cm³/mol. The minimum absolute atomic E-state index is 0.376. The zero-order valence-electron chi connectivity index (χ0n) is 7.34. The molecule has 2 nitrogen and oxygen atoms in total. The molecule has 11 heavy (non-hydrogen) atoms. The van der Waals surface area contributed by atoms with Crippen molar-refractivity contribution >= 4 is 0 Å². The molecule has 0 aliphatic carbocycles. The molecule has 2 bridgehead atoms. The van der Waals surface area contributed by atoms with Crippen LogP contribution >= 0.6 is 0 Å². The van der Waals surface area contributed by atoms with E-state index in [4.69, 9.17) is 4.74 Å². The lowest BCUT2D eigenvalue weighted by Crippen LogP contribution is -2.40. The van der Waals surface area contributed by atoms with E-state index in [1.165, 1.54) is 12.8 Å². The Hall–Kier alpha value is -0.0800. The van der Waals surface area contributed by atoms with E-state index < -0.39 is 0 Å². The van der Waals surface area contributed by atoms with Crippen molar-refractivity contribution in [3.05, 3.63) is 0 Å². The molecule has 2 heteroatoms. The zero-order chi connectivity index (χ0) is 7.84. The summed E-state index contributed by atoms with van der Waals surface area (Å²) in [5.41, 5.74) is 0. The van der Waals surface area contributed by atoms with Crippen LogP contribution in [0, 0.1) is 11.8 Å². The summed E-state index contributed by atoms with van der Waals surface area (Å²) >= 11 is 0. The van der Waals surface area contributed by atoms with Gasteiger partial charge >= 0.3 is 0 Å². The van der Waals surface area contributed by atoms with Gasteiger partial charge in [-0.3, -0.25) is 5.32 Å². The smallest absolute Gasteiger partial charge is 0.108 e. The van der Waals surface area contributed by atoms with E-state index in [2.05, 4.69) is 19.2 Å². The zero-order valence-corrected chi connectivity index (χ0v) is 7.34. The highest BCUT2D eigenvalue weighted by molar-refractivity contribution is 4.87. The van der Waals surface area contributed by atoms with Gasteiger partial charge in [-0.05, 0) is 24.7 Å². The average Bonchev–Trinajstić information content (AvgIpc) is 2.30. The topological polar surface area (TPSA) is 21.3 Å². The molecular formula is C9H17NO. The molecule has 2 rings (SSSR count). The molecule has 0 amide bonds. The maximum absolute atomic E-state index is 5.55. The van der Waals surface area contributed by atoms with Crippen LogP contribution in [0.4, 0.5) is 0 Å². The van der Waals surface area contributed by atoms with Crippen molar-refractivity contribution in [2.45, 2.75) is 39.0 Å². The number of ether oxygens (including phenoxy) is 1. The number of hydrogen-bond donors (Lipinski definition) is 1. The van der Waals surface area contributed by atoms with Crippen molar-refractivity contribution in [2.75, 3.05) is 6.61 Å². The summed E-state index contributed by atoms with van der Waals surface area (Å²) in [6.45, 7) is 5.57. The van der Waals surface area contributed by atoms with E-state index in [-0.39, 0.29) is 0 Å². The summed E-state index contributed by atoms with van der Waals surface area (Å²) in [5.74, 6) is 1.71. The van der Waals surface area contributed by atoms with Crippen LogP contribution in [-0.2, 0) is 4.74 Å². The third-order valence-electron chi connectivity index (χ3n) is 2.97. The first-order valence-corrected chi connectivity index (χ1v) is 4.63. The quantitative estimate of drug-likeness (QED) is 0.617. The standard InChI is InChI=1S/C9H17NO/c1-6(2)7-3-8-5-11-9(4-7)10-8/h6-10H,3-5H2,1-2H3. The van der Waals surface area contributed by atoms with E-state index >= 15 is 0 Å². The van der Waals surface area contributed by atoms with E-state index in [0.717, 1.165) is 18.4 Å². The van der Waals surface area contributed by atoms with Crippen LogP contribution in [0.1, 0.15) is 26.7 Å². The maximum atomic E-state index is 5.55. The van der Waals surface area contributed by atoms with Crippen LogP contribution in [0.15, 0.2) is 0 Å². The summed E-state index contributed by atoms with van der Waals surface area (Å²) in [6.07, 6.45) is 2.91. The largest absolute Gasteiger partial charge is 0.362 e. The monoisotopic (exact) mass is 155 g/mol. The molecule has 2 heterocycles. The van der Waals surface area contributed by atoms with Crippen molar-refractivity contribution in [3.8, 4) is 0 Å². The minimum Gasteiger partial charge on any atom is -0.362 e. The molecule has 3 atom stereocenters. The molecule has 0 aromatic carbocycles. The Balaban J connectivity index is 1.97. The fourth-order valence-electron chi connectivity index (χ4n) is 2.14. The Bertz CT molecular complexity index is 134. The van der Waals surface area contributed by atoms with Gasteiger partial charge in [0.05, 0.1) is 6.61 Å². The maximum Gasteiger partial charge on any atom is 0.108 e. The molecule has 0 saturated carbocycles. The third kappa shape index (κ3) is 1.42. The number of piperidine rings is 1. The van der Waals surface area contributed by atoms with Gasteiger partial charge < -0.3 is 4.74 Å². The van der Waals surface area contributed by atoms with Crippen LogP contribution in [0.2, 0.25) is 0 Å². The minimum atomic E-state index is 0.376. The summed E-state index contributed by atoms with van der Waals surface area (Å²) in [7, 11) is 0. The lowest BCUT2D eigenvalue weighted by atomic mass is 9.84. The van der Waals surface area contributed by atoms with Gasteiger partial charge in [0.15, 0.2) is 0 Å². The normalized spacial score (nSPS) is 43.4. The second-order valence-corrected chi connectivity index (χ2v) is 4.16. The SMILES string of the molecule is CC(C)C1CC2COC(C1)N2. The number of nitrogens with one attached hydrogen (secondary N) is 1. The first-order chi connectivity index (χ1) is 5.25. The van der Waals surface area contributed by atoms with Crippen molar-refractivity contribution in [1.29, 1.82) is 0 Å². The molecule has 0 spiro atoms. The van der Waals surface area contributed by atoms with Crippen molar-refractivity contribution < 1.29 is 4.74 Å². The lowest BCUT2D eigenvalue weighted by Gasteiger charge is -2.29. The molecule has 2 aliphatic rings. The molecular weight excluding hydrogens is 138 g/mol.